The standard InChI is InChI=1S/C9H10N4O2.C7H6N4O2.C7H16O4.C5H10N4.CO2.CH4.H2/c1-2-15-9(14)6-7(10)12-13-5-3-4-11-8(6)13;8-5-4(7(12)13)6-9-2-1-3-11(6)10-5;1-8-6(9-2)5-7(10-3)11-4;1-2-3-4(6)8-9-5(3)7;2-1-3;;/h3-5H,2H2,1H3,(H2,10,12);1-3H,(H2,8,10)(H,12,13);6-7H,5H2,1-4H3;2H2,1H3,(H5,6,7,8,9);;1H4;1H. The van der Waals surface area contributed by atoms with Gasteiger partial charge in [0.15, 0.2) is 41.3 Å². The number of aromatic amines is 1. The molecule has 5 aromatic heterocycles. The Kier molecular flexibility index (Phi) is 21.2. The van der Waals surface area contributed by atoms with Gasteiger partial charge in [0.2, 0.25) is 0 Å². The number of ether oxygens (including phenoxy) is 5. The molecular formula is C30H48N12O10. The molecule has 10 N–H and O–H groups in total. The molecule has 5 heterocycles. The topological polar surface area (TPSA) is 328 Å². The molecule has 0 radical (unpaired) electrons. The maximum absolute atomic E-state index is 11.5. The van der Waals surface area contributed by atoms with Crippen molar-refractivity contribution in [3.8, 4) is 0 Å². The lowest BCUT2D eigenvalue weighted by Gasteiger charge is -2.18. The lowest BCUT2D eigenvalue weighted by atomic mass is 10.2. The first-order valence-electron chi connectivity index (χ1n) is 14.7. The van der Waals surface area contributed by atoms with Crippen LogP contribution in [-0.2, 0) is 39.7 Å². The van der Waals surface area contributed by atoms with Gasteiger partial charge in [-0.05, 0) is 25.5 Å². The first-order valence-corrected chi connectivity index (χ1v) is 14.7. The number of aromatic carboxylic acids is 1. The summed E-state index contributed by atoms with van der Waals surface area (Å²) >= 11 is 0. The zero-order chi connectivity index (χ0) is 38.5. The summed E-state index contributed by atoms with van der Waals surface area (Å²) in [4.78, 5) is 46.4. The van der Waals surface area contributed by atoms with E-state index < -0.39 is 11.9 Å². The number of hydrogen-bond acceptors (Lipinski definition) is 18. The van der Waals surface area contributed by atoms with E-state index in [2.05, 4.69) is 30.4 Å². The molecule has 288 valence electrons. The smallest absolute Gasteiger partial charge is 0.373 e. The van der Waals surface area contributed by atoms with Crippen molar-refractivity contribution in [2.45, 2.75) is 46.7 Å². The van der Waals surface area contributed by atoms with Gasteiger partial charge < -0.3 is 51.7 Å². The summed E-state index contributed by atoms with van der Waals surface area (Å²) in [5.74, 6) is -0.418. The van der Waals surface area contributed by atoms with Crippen molar-refractivity contribution < 1.29 is 49.4 Å². The molecule has 22 heteroatoms. The molecule has 5 aromatic rings. The molecule has 0 aliphatic heterocycles. The molecule has 0 atom stereocenters. The van der Waals surface area contributed by atoms with Crippen LogP contribution in [0, 0.1) is 0 Å². The average Bonchev–Trinajstić information content (AvgIpc) is 3.76. The quantitative estimate of drug-likeness (QED) is 0.0874. The third kappa shape index (κ3) is 13.3. The lowest BCUT2D eigenvalue weighted by molar-refractivity contribution is -0.191. The Labute approximate surface area is 299 Å². The van der Waals surface area contributed by atoms with Crippen LogP contribution in [0.1, 0.15) is 55.4 Å². The van der Waals surface area contributed by atoms with Crippen molar-refractivity contribution in [3.63, 3.8) is 0 Å². The normalized spacial score (nSPS) is 9.92. The number of nitrogens with two attached hydrogens (primary N) is 4. The van der Waals surface area contributed by atoms with Gasteiger partial charge in [-0.15, -0.1) is 10.2 Å². The minimum Gasteiger partial charge on any atom is -0.477 e. The number of nitrogens with zero attached hydrogens (tertiary/aromatic N) is 7. The second kappa shape index (κ2) is 24.0. The molecule has 0 bridgehead atoms. The number of aromatic nitrogens is 8. The maximum Gasteiger partial charge on any atom is 0.373 e. The van der Waals surface area contributed by atoms with Gasteiger partial charge in [-0.2, -0.15) is 14.7 Å². The van der Waals surface area contributed by atoms with Crippen LogP contribution in [0.15, 0.2) is 36.9 Å². The number of carboxylic acid groups (broad SMARTS) is 1. The number of carboxylic acids is 1. The van der Waals surface area contributed by atoms with Crippen molar-refractivity contribution in [2.24, 2.45) is 0 Å². The number of H-pyrrole nitrogens is 1. The van der Waals surface area contributed by atoms with Gasteiger partial charge in [0.1, 0.15) is 16.9 Å². The van der Waals surface area contributed by atoms with E-state index in [0.29, 0.717) is 30.3 Å². The molecule has 0 fully saturated rings. The first-order chi connectivity index (χ1) is 24.4. The number of carbonyl (C=O) groups excluding carboxylic acids is 3. The summed E-state index contributed by atoms with van der Waals surface area (Å²) in [6.07, 6.45) is 7.43. The number of carbonyl (C=O) groups is 2. The van der Waals surface area contributed by atoms with Crippen molar-refractivity contribution in [3.05, 3.63) is 53.6 Å². The monoisotopic (exact) mass is 736 g/mol. The fourth-order valence-corrected chi connectivity index (χ4v) is 3.91. The van der Waals surface area contributed by atoms with Crippen LogP contribution in [0.3, 0.4) is 0 Å². The molecular weight excluding hydrogens is 688 g/mol. The molecule has 0 spiro atoms. The third-order valence-electron chi connectivity index (χ3n) is 6.26. The highest BCUT2D eigenvalue weighted by molar-refractivity contribution is 6.00. The van der Waals surface area contributed by atoms with Crippen LogP contribution in [0.25, 0.3) is 11.3 Å². The first kappa shape index (κ1) is 45.8. The summed E-state index contributed by atoms with van der Waals surface area (Å²) in [7, 11) is 6.32. The van der Waals surface area contributed by atoms with Gasteiger partial charge in [0.25, 0.3) is 0 Å². The zero-order valence-electron chi connectivity index (χ0n) is 28.8. The predicted octanol–water partition coefficient (Wildman–Crippen LogP) is 1.55. The average molecular weight is 737 g/mol. The molecule has 0 unspecified atom stereocenters. The van der Waals surface area contributed by atoms with Gasteiger partial charge in [0, 0.05) is 66.6 Å². The van der Waals surface area contributed by atoms with E-state index in [1.165, 1.54) is 15.2 Å². The Morgan fingerprint density at radius 2 is 1.29 bits per heavy atom. The number of fused-ring (bicyclic) bond motifs is 2. The van der Waals surface area contributed by atoms with E-state index in [1.54, 1.807) is 66.1 Å². The summed E-state index contributed by atoms with van der Waals surface area (Å²) < 4.78 is 27.4. The van der Waals surface area contributed by atoms with E-state index in [-0.39, 0.29) is 56.0 Å². The lowest BCUT2D eigenvalue weighted by Crippen LogP contribution is -2.24. The zero-order valence-corrected chi connectivity index (χ0v) is 28.8. The summed E-state index contributed by atoms with van der Waals surface area (Å²) in [5, 5.41) is 22.8. The van der Waals surface area contributed by atoms with Crippen molar-refractivity contribution in [2.75, 3.05) is 58.0 Å². The summed E-state index contributed by atoms with van der Waals surface area (Å²) in [6.45, 7) is 4.01. The number of rotatable bonds is 10. The van der Waals surface area contributed by atoms with Crippen LogP contribution >= 0.6 is 0 Å². The fraction of sp³-hybridized carbons (Fsp3) is 0.400. The van der Waals surface area contributed by atoms with Crippen LogP contribution in [0.5, 0.6) is 0 Å². The van der Waals surface area contributed by atoms with Crippen LogP contribution in [0.4, 0.5) is 23.3 Å². The second-order valence-electron chi connectivity index (χ2n) is 9.30. The molecule has 22 nitrogen and oxygen atoms in total. The SMILES string of the molecule is C.CCOC(=O)c1c(N)nn2cccnc12.CCc1c(N)n[nH]c1N.COC(CC(OC)OC)OC.Nc1nn2cccnc2c1C(=O)O.O=C=O.[HH]. The van der Waals surface area contributed by atoms with Crippen molar-refractivity contribution in [1.82, 2.24) is 39.4 Å². The van der Waals surface area contributed by atoms with E-state index in [4.69, 9.17) is 61.3 Å². The van der Waals surface area contributed by atoms with Crippen molar-refractivity contribution in [1.29, 1.82) is 0 Å². The van der Waals surface area contributed by atoms with E-state index in [9.17, 15) is 9.59 Å². The number of nitrogens with one attached hydrogen (secondary N) is 1. The Morgan fingerprint density at radius 1 is 0.846 bits per heavy atom. The van der Waals surface area contributed by atoms with Crippen LogP contribution in [0.2, 0.25) is 0 Å². The highest BCUT2D eigenvalue weighted by Gasteiger charge is 2.20. The van der Waals surface area contributed by atoms with Gasteiger partial charge in [-0.25, -0.2) is 28.6 Å². The maximum atomic E-state index is 11.5. The second-order valence-corrected chi connectivity index (χ2v) is 9.30. The van der Waals surface area contributed by atoms with Gasteiger partial charge in [-0.3, -0.25) is 5.10 Å². The Bertz CT molecular complexity index is 1810. The minimum atomic E-state index is -1.12. The van der Waals surface area contributed by atoms with Gasteiger partial charge in [0.05, 0.1) is 6.61 Å². The largest absolute Gasteiger partial charge is 0.477 e. The van der Waals surface area contributed by atoms with Crippen molar-refractivity contribution >= 4 is 52.7 Å². The molecule has 5 rings (SSSR count). The highest BCUT2D eigenvalue weighted by atomic mass is 16.7. The number of esters is 1. The van der Waals surface area contributed by atoms with E-state index in [0.717, 1.165) is 12.0 Å². The predicted molar refractivity (Wildman–Crippen MR) is 189 cm³/mol. The van der Waals surface area contributed by atoms with Crippen LogP contribution in [-0.4, -0.2) is 110 Å². The minimum absolute atomic E-state index is 0. The fourth-order valence-electron chi connectivity index (χ4n) is 3.91. The molecule has 52 heavy (non-hydrogen) atoms. The Balaban J connectivity index is 0. The molecule has 0 saturated carbocycles. The molecule has 0 aliphatic carbocycles. The summed E-state index contributed by atoms with van der Waals surface area (Å²) in [6, 6.07) is 3.35. The number of methoxy groups -OCH3 is 4. The molecule has 0 aliphatic rings. The molecule has 0 amide bonds. The van der Waals surface area contributed by atoms with Crippen LogP contribution < -0.4 is 22.9 Å². The number of nitrogen functional groups attached to an aromatic ring is 4. The van der Waals surface area contributed by atoms with E-state index in [1.807, 2.05) is 6.92 Å². The Morgan fingerprint density at radius 3 is 1.63 bits per heavy atom. The van der Waals surface area contributed by atoms with E-state index >= 15 is 0 Å². The molecule has 0 saturated heterocycles. The highest BCUT2D eigenvalue weighted by Crippen LogP contribution is 2.17. The summed E-state index contributed by atoms with van der Waals surface area (Å²) in [5.41, 5.74) is 23.6. The van der Waals surface area contributed by atoms with Gasteiger partial charge >= 0.3 is 18.1 Å². The third-order valence-corrected chi connectivity index (χ3v) is 6.26. The number of hydrogen-bond donors (Lipinski definition) is 6. The molecule has 0 aromatic carbocycles. The number of anilines is 4. The Hall–Kier alpha value is -6.19. The van der Waals surface area contributed by atoms with Gasteiger partial charge in [-0.1, -0.05) is 14.4 Å².